The lowest BCUT2D eigenvalue weighted by atomic mass is 10.2. The number of aromatic nitrogens is 1. The SMILES string of the molecule is COc1cc(C(=O)O)ccc1NSc1csc(C#CC2CC2)n1. The number of thiazole rings is 1. The van der Waals surface area contributed by atoms with E-state index in [0.29, 0.717) is 17.4 Å². The highest BCUT2D eigenvalue weighted by Crippen LogP contribution is 2.31. The molecule has 0 bridgehead atoms. The van der Waals surface area contributed by atoms with Gasteiger partial charge in [0.1, 0.15) is 10.8 Å². The van der Waals surface area contributed by atoms with Gasteiger partial charge in [0.2, 0.25) is 0 Å². The van der Waals surface area contributed by atoms with Crippen molar-refractivity contribution in [3.05, 3.63) is 34.2 Å². The molecular formula is C16H14N2O3S2. The summed E-state index contributed by atoms with van der Waals surface area (Å²) in [4.78, 5) is 15.4. The van der Waals surface area contributed by atoms with Gasteiger partial charge in [0.15, 0.2) is 5.01 Å². The van der Waals surface area contributed by atoms with E-state index < -0.39 is 5.97 Å². The van der Waals surface area contributed by atoms with Crippen LogP contribution in [0.1, 0.15) is 28.2 Å². The van der Waals surface area contributed by atoms with E-state index in [4.69, 9.17) is 9.84 Å². The van der Waals surface area contributed by atoms with E-state index in [9.17, 15) is 4.79 Å². The van der Waals surface area contributed by atoms with Crippen molar-refractivity contribution in [1.29, 1.82) is 0 Å². The fourth-order valence-electron chi connectivity index (χ4n) is 1.77. The molecule has 1 heterocycles. The summed E-state index contributed by atoms with van der Waals surface area (Å²) in [5.74, 6) is 6.33. The monoisotopic (exact) mass is 346 g/mol. The molecule has 23 heavy (non-hydrogen) atoms. The number of hydrogen-bond acceptors (Lipinski definition) is 6. The summed E-state index contributed by atoms with van der Waals surface area (Å²) < 4.78 is 8.35. The second kappa shape index (κ2) is 6.94. The number of aromatic carboxylic acids is 1. The number of carbonyl (C=O) groups is 1. The molecule has 0 aliphatic heterocycles. The summed E-state index contributed by atoms with van der Waals surface area (Å²) in [5.41, 5.74) is 0.879. The van der Waals surface area contributed by atoms with Crippen molar-refractivity contribution in [2.75, 3.05) is 11.8 Å². The molecule has 1 aliphatic carbocycles. The van der Waals surface area contributed by atoms with E-state index in [-0.39, 0.29) is 5.56 Å². The van der Waals surface area contributed by atoms with Gasteiger partial charge in [-0.3, -0.25) is 0 Å². The first-order chi connectivity index (χ1) is 11.2. The van der Waals surface area contributed by atoms with Crippen LogP contribution >= 0.6 is 23.3 Å². The molecule has 3 rings (SSSR count). The van der Waals surface area contributed by atoms with Crippen molar-refractivity contribution >= 4 is 34.9 Å². The number of benzene rings is 1. The van der Waals surface area contributed by atoms with Crippen LogP contribution < -0.4 is 9.46 Å². The van der Waals surface area contributed by atoms with Crippen LogP contribution in [-0.4, -0.2) is 23.2 Å². The van der Waals surface area contributed by atoms with Gasteiger partial charge in [-0.15, -0.1) is 11.3 Å². The predicted molar refractivity (Wildman–Crippen MR) is 91.1 cm³/mol. The summed E-state index contributed by atoms with van der Waals surface area (Å²) in [6.07, 6.45) is 2.40. The fourth-order valence-corrected chi connectivity index (χ4v) is 3.22. The van der Waals surface area contributed by atoms with Gasteiger partial charge in [-0.25, -0.2) is 9.78 Å². The second-order valence-electron chi connectivity index (χ2n) is 4.96. The number of anilines is 1. The molecule has 2 N–H and O–H groups in total. The minimum Gasteiger partial charge on any atom is -0.495 e. The Hall–Kier alpha value is -2.17. The van der Waals surface area contributed by atoms with E-state index in [1.54, 1.807) is 6.07 Å². The molecular weight excluding hydrogens is 332 g/mol. The molecule has 2 aromatic rings. The van der Waals surface area contributed by atoms with Crippen molar-refractivity contribution in [1.82, 2.24) is 4.98 Å². The first kappa shape index (κ1) is 15.7. The van der Waals surface area contributed by atoms with Crippen LogP contribution in [0.25, 0.3) is 0 Å². The smallest absolute Gasteiger partial charge is 0.335 e. The number of methoxy groups -OCH3 is 1. The Morgan fingerprint density at radius 1 is 1.52 bits per heavy atom. The number of hydrogen-bond donors (Lipinski definition) is 2. The van der Waals surface area contributed by atoms with E-state index in [1.165, 1.54) is 55.4 Å². The zero-order valence-corrected chi connectivity index (χ0v) is 14.0. The molecule has 1 aromatic heterocycles. The zero-order chi connectivity index (χ0) is 16.2. The van der Waals surface area contributed by atoms with Gasteiger partial charge in [-0.1, -0.05) is 5.92 Å². The molecule has 0 saturated heterocycles. The standard InChI is InChI=1S/C16H14N2O3S2/c1-21-13-8-11(16(19)20)5-6-12(13)18-23-15-9-22-14(17-15)7-4-10-2-3-10/h5-6,8-10,18H,2-3H2,1H3,(H,19,20). The average molecular weight is 346 g/mol. The lowest BCUT2D eigenvalue weighted by Crippen LogP contribution is -1.99. The van der Waals surface area contributed by atoms with Gasteiger partial charge in [-0.05, 0) is 37.0 Å². The number of ether oxygens (including phenoxy) is 1. The first-order valence-corrected chi connectivity index (χ1v) is 8.66. The van der Waals surface area contributed by atoms with E-state index >= 15 is 0 Å². The number of carboxylic acid groups (broad SMARTS) is 1. The van der Waals surface area contributed by atoms with E-state index in [1.807, 2.05) is 5.38 Å². The van der Waals surface area contributed by atoms with Crippen LogP contribution in [0.5, 0.6) is 5.75 Å². The summed E-state index contributed by atoms with van der Waals surface area (Å²) >= 11 is 2.86. The molecule has 0 radical (unpaired) electrons. The van der Waals surface area contributed by atoms with Crippen LogP contribution in [-0.2, 0) is 0 Å². The van der Waals surface area contributed by atoms with Crippen molar-refractivity contribution in [3.8, 4) is 17.6 Å². The van der Waals surface area contributed by atoms with Gasteiger partial charge >= 0.3 is 5.97 Å². The summed E-state index contributed by atoms with van der Waals surface area (Å²) in [6.45, 7) is 0. The number of rotatable bonds is 5. The molecule has 5 nitrogen and oxygen atoms in total. The summed E-state index contributed by atoms with van der Waals surface area (Å²) in [7, 11) is 1.51. The molecule has 7 heteroatoms. The lowest BCUT2D eigenvalue weighted by molar-refractivity contribution is 0.0696. The van der Waals surface area contributed by atoms with Gasteiger partial charge < -0.3 is 14.6 Å². The highest BCUT2D eigenvalue weighted by Gasteiger charge is 2.18. The molecule has 0 atom stereocenters. The number of nitrogens with zero attached hydrogens (tertiary/aromatic N) is 1. The Kier molecular flexibility index (Phi) is 4.74. The minimum atomic E-state index is -0.985. The predicted octanol–water partition coefficient (Wildman–Crippen LogP) is 3.73. The largest absolute Gasteiger partial charge is 0.495 e. The maximum atomic E-state index is 11.0. The second-order valence-corrected chi connectivity index (χ2v) is 6.64. The van der Waals surface area contributed by atoms with Gasteiger partial charge in [-0.2, -0.15) is 0 Å². The summed E-state index contributed by atoms with van der Waals surface area (Å²) in [5, 5.41) is 12.6. The Balaban J connectivity index is 1.66. The van der Waals surface area contributed by atoms with Crippen LogP contribution in [0, 0.1) is 17.8 Å². The molecule has 0 unspecified atom stereocenters. The van der Waals surface area contributed by atoms with E-state index in [0.717, 1.165) is 10.0 Å². The Morgan fingerprint density at radius 3 is 3.04 bits per heavy atom. The van der Waals surface area contributed by atoms with Crippen molar-refractivity contribution in [2.45, 2.75) is 17.9 Å². The summed E-state index contributed by atoms with van der Waals surface area (Å²) in [6, 6.07) is 4.69. The highest BCUT2D eigenvalue weighted by atomic mass is 32.2. The topological polar surface area (TPSA) is 71.5 Å². The zero-order valence-electron chi connectivity index (χ0n) is 12.3. The molecule has 1 aromatic carbocycles. The van der Waals surface area contributed by atoms with Crippen LogP contribution in [0.3, 0.4) is 0 Å². The minimum absolute atomic E-state index is 0.184. The number of carboxylic acids is 1. The number of nitrogens with one attached hydrogen (secondary N) is 1. The third kappa shape index (κ3) is 4.18. The maximum absolute atomic E-state index is 11.0. The normalized spacial score (nSPS) is 13.1. The molecule has 1 saturated carbocycles. The van der Waals surface area contributed by atoms with Crippen LogP contribution in [0.4, 0.5) is 5.69 Å². The molecule has 0 amide bonds. The van der Waals surface area contributed by atoms with Crippen molar-refractivity contribution in [2.24, 2.45) is 5.92 Å². The molecule has 0 spiro atoms. The Bertz CT molecular complexity index is 788. The van der Waals surface area contributed by atoms with Gasteiger partial charge in [0.05, 0.1) is 18.4 Å². The lowest BCUT2D eigenvalue weighted by Gasteiger charge is -2.10. The highest BCUT2D eigenvalue weighted by molar-refractivity contribution is 8.00. The Labute approximate surface area is 142 Å². The molecule has 1 aliphatic rings. The van der Waals surface area contributed by atoms with Gasteiger partial charge in [0, 0.05) is 23.2 Å². The molecule has 1 fully saturated rings. The maximum Gasteiger partial charge on any atom is 0.335 e. The quantitative estimate of drug-likeness (QED) is 0.635. The van der Waals surface area contributed by atoms with Crippen LogP contribution in [0.2, 0.25) is 0 Å². The average Bonchev–Trinajstić information content (AvgIpc) is 3.28. The molecule has 118 valence electrons. The van der Waals surface area contributed by atoms with Crippen molar-refractivity contribution in [3.63, 3.8) is 0 Å². The van der Waals surface area contributed by atoms with Crippen LogP contribution in [0.15, 0.2) is 28.6 Å². The first-order valence-electron chi connectivity index (χ1n) is 6.97. The van der Waals surface area contributed by atoms with Crippen molar-refractivity contribution < 1.29 is 14.6 Å². The third-order valence-corrected chi connectivity index (χ3v) is 4.80. The van der Waals surface area contributed by atoms with E-state index in [2.05, 4.69) is 21.5 Å². The Morgan fingerprint density at radius 2 is 2.35 bits per heavy atom. The fraction of sp³-hybridized carbons (Fsp3) is 0.250. The third-order valence-electron chi connectivity index (χ3n) is 3.16. The van der Waals surface area contributed by atoms with Gasteiger partial charge in [0.25, 0.3) is 0 Å².